The standard InChI is InChI=1S/C9H11NO.2C2H6.C2H4.CH2O/c1-7-3-5-9(6-4-7)10-8(2)11;4*1-2/h3-6H,1-2H3,(H,10,11);2*1-2H3;1-2H2;1H2. The van der Waals surface area contributed by atoms with Crippen molar-refractivity contribution >= 4 is 18.4 Å². The minimum absolute atomic E-state index is 0.0335. The highest BCUT2D eigenvalue weighted by Gasteiger charge is 1.92. The highest BCUT2D eigenvalue weighted by Crippen LogP contribution is 2.07. The molecule has 3 heteroatoms. The van der Waals surface area contributed by atoms with Crippen molar-refractivity contribution in [3.63, 3.8) is 0 Å². The van der Waals surface area contributed by atoms with Crippen LogP contribution in [0.4, 0.5) is 5.69 Å². The van der Waals surface area contributed by atoms with Crippen LogP contribution < -0.4 is 5.32 Å². The predicted octanol–water partition coefficient (Wildman–Crippen LogP) is 4.62. The third-order valence-electron chi connectivity index (χ3n) is 1.37. The molecule has 0 saturated heterocycles. The van der Waals surface area contributed by atoms with Crippen LogP contribution in [0.5, 0.6) is 0 Å². The third-order valence-corrected chi connectivity index (χ3v) is 1.37. The van der Waals surface area contributed by atoms with Crippen molar-refractivity contribution < 1.29 is 9.59 Å². The largest absolute Gasteiger partial charge is 0.326 e. The van der Waals surface area contributed by atoms with E-state index in [1.54, 1.807) is 0 Å². The van der Waals surface area contributed by atoms with Crippen LogP contribution in [0, 0.1) is 6.92 Å². The summed E-state index contributed by atoms with van der Waals surface area (Å²) in [7, 11) is 0. The summed E-state index contributed by atoms with van der Waals surface area (Å²) in [6.07, 6.45) is 0. The molecule has 110 valence electrons. The van der Waals surface area contributed by atoms with E-state index in [2.05, 4.69) is 18.5 Å². The van der Waals surface area contributed by atoms with Gasteiger partial charge in [-0.25, -0.2) is 0 Å². The number of anilines is 1. The molecule has 0 aromatic heterocycles. The molecule has 0 aliphatic heterocycles. The normalized spacial score (nSPS) is 6.42. The van der Waals surface area contributed by atoms with E-state index in [-0.39, 0.29) is 5.91 Å². The second-order valence-electron chi connectivity index (χ2n) is 2.55. The molecule has 0 unspecified atom stereocenters. The zero-order valence-electron chi connectivity index (χ0n) is 13.2. The first kappa shape index (κ1) is 25.8. The van der Waals surface area contributed by atoms with Gasteiger partial charge in [0.2, 0.25) is 5.91 Å². The number of hydrogen-bond acceptors (Lipinski definition) is 2. The first-order valence-corrected chi connectivity index (χ1v) is 6.31. The quantitative estimate of drug-likeness (QED) is 0.754. The molecule has 3 nitrogen and oxygen atoms in total. The van der Waals surface area contributed by atoms with E-state index in [4.69, 9.17) is 4.79 Å². The lowest BCUT2D eigenvalue weighted by molar-refractivity contribution is -0.114. The van der Waals surface area contributed by atoms with Crippen molar-refractivity contribution in [2.45, 2.75) is 41.5 Å². The molecule has 1 amide bonds. The van der Waals surface area contributed by atoms with Gasteiger partial charge in [0.1, 0.15) is 6.79 Å². The molecule has 1 N–H and O–H groups in total. The summed E-state index contributed by atoms with van der Waals surface area (Å²) in [5.41, 5.74) is 2.04. The first-order chi connectivity index (χ1) is 9.18. The SMILES string of the molecule is C=C.C=O.CC.CC.CC(=O)Nc1ccc(C)cc1. The molecule has 0 aliphatic carbocycles. The fourth-order valence-corrected chi connectivity index (χ4v) is 0.840. The van der Waals surface area contributed by atoms with Crippen LogP contribution in [0.2, 0.25) is 0 Å². The number of carbonyl (C=O) groups is 2. The Hall–Kier alpha value is -1.90. The molecule has 0 spiro atoms. The highest BCUT2D eigenvalue weighted by molar-refractivity contribution is 5.88. The number of benzene rings is 1. The molecular weight excluding hydrogens is 238 g/mol. The Bertz CT molecular complexity index is 279. The molecule has 0 fully saturated rings. The Balaban J connectivity index is -0.000000121. The molecule has 19 heavy (non-hydrogen) atoms. The second-order valence-corrected chi connectivity index (χ2v) is 2.55. The number of carbonyl (C=O) groups excluding carboxylic acids is 2. The summed E-state index contributed by atoms with van der Waals surface area (Å²) in [5.74, 6) is -0.0335. The van der Waals surface area contributed by atoms with Gasteiger partial charge in [0.15, 0.2) is 0 Å². The second kappa shape index (κ2) is 25.1. The van der Waals surface area contributed by atoms with E-state index in [9.17, 15) is 4.79 Å². The van der Waals surface area contributed by atoms with Crippen molar-refractivity contribution in [1.29, 1.82) is 0 Å². The van der Waals surface area contributed by atoms with Gasteiger partial charge in [-0.2, -0.15) is 0 Å². The van der Waals surface area contributed by atoms with Gasteiger partial charge in [-0.05, 0) is 19.1 Å². The maximum atomic E-state index is 10.6. The molecule has 1 aromatic carbocycles. The van der Waals surface area contributed by atoms with Crippen LogP contribution in [0.25, 0.3) is 0 Å². The molecule has 1 aromatic rings. The van der Waals surface area contributed by atoms with Gasteiger partial charge in [-0.1, -0.05) is 45.4 Å². The molecule has 0 atom stereocenters. The Morgan fingerprint density at radius 2 is 1.26 bits per heavy atom. The zero-order valence-corrected chi connectivity index (χ0v) is 13.2. The summed E-state index contributed by atoms with van der Waals surface area (Å²) in [6.45, 7) is 19.5. The minimum atomic E-state index is -0.0335. The maximum absolute atomic E-state index is 10.6. The Morgan fingerprint density at radius 1 is 0.947 bits per heavy atom. The van der Waals surface area contributed by atoms with Gasteiger partial charge >= 0.3 is 0 Å². The average Bonchev–Trinajstić information content (AvgIpc) is 2.49. The predicted molar refractivity (Wildman–Crippen MR) is 86.6 cm³/mol. The van der Waals surface area contributed by atoms with Gasteiger partial charge < -0.3 is 10.1 Å². The topological polar surface area (TPSA) is 46.2 Å². The minimum Gasteiger partial charge on any atom is -0.326 e. The lowest BCUT2D eigenvalue weighted by atomic mass is 10.2. The van der Waals surface area contributed by atoms with E-state index in [0.717, 1.165) is 5.69 Å². The summed E-state index contributed by atoms with van der Waals surface area (Å²) in [5, 5.41) is 2.69. The number of nitrogens with one attached hydrogen (secondary N) is 1. The van der Waals surface area contributed by atoms with Crippen molar-refractivity contribution in [3.05, 3.63) is 43.0 Å². The fraction of sp³-hybridized carbons (Fsp3) is 0.375. The smallest absolute Gasteiger partial charge is 0.221 e. The van der Waals surface area contributed by atoms with E-state index in [1.807, 2.05) is 65.7 Å². The molecule has 0 aliphatic rings. The third kappa shape index (κ3) is 21.9. The van der Waals surface area contributed by atoms with Crippen LogP contribution in [0.15, 0.2) is 37.4 Å². The molecule has 0 bridgehead atoms. The van der Waals surface area contributed by atoms with Gasteiger partial charge in [-0.15, -0.1) is 13.2 Å². The summed E-state index contributed by atoms with van der Waals surface area (Å²) in [4.78, 5) is 18.6. The summed E-state index contributed by atoms with van der Waals surface area (Å²) in [6, 6.07) is 7.70. The lowest BCUT2D eigenvalue weighted by Crippen LogP contribution is -2.05. The van der Waals surface area contributed by atoms with Gasteiger partial charge in [-0.3, -0.25) is 4.79 Å². The van der Waals surface area contributed by atoms with Crippen molar-refractivity contribution in [3.8, 4) is 0 Å². The lowest BCUT2D eigenvalue weighted by Gasteiger charge is -2.00. The summed E-state index contributed by atoms with van der Waals surface area (Å²) < 4.78 is 0. The molecule has 1 rings (SSSR count). The molecular formula is C16H29NO2. The van der Waals surface area contributed by atoms with Crippen LogP contribution >= 0.6 is 0 Å². The fourth-order valence-electron chi connectivity index (χ4n) is 0.840. The van der Waals surface area contributed by atoms with Gasteiger partial charge in [0, 0.05) is 12.6 Å². The summed E-state index contributed by atoms with van der Waals surface area (Å²) >= 11 is 0. The Morgan fingerprint density at radius 3 is 1.53 bits per heavy atom. The number of aryl methyl sites for hydroxylation is 1. The first-order valence-electron chi connectivity index (χ1n) is 6.31. The van der Waals surface area contributed by atoms with E-state index >= 15 is 0 Å². The molecule has 0 saturated carbocycles. The van der Waals surface area contributed by atoms with Gasteiger partial charge in [0.05, 0.1) is 0 Å². The van der Waals surface area contributed by atoms with Crippen LogP contribution in [0.1, 0.15) is 40.2 Å². The van der Waals surface area contributed by atoms with E-state index in [0.29, 0.717) is 0 Å². The zero-order chi connectivity index (χ0) is 16.3. The van der Waals surface area contributed by atoms with Crippen molar-refractivity contribution in [2.24, 2.45) is 0 Å². The highest BCUT2D eigenvalue weighted by atomic mass is 16.1. The maximum Gasteiger partial charge on any atom is 0.221 e. The number of amides is 1. The van der Waals surface area contributed by atoms with Crippen LogP contribution in [-0.4, -0.2) is 12.7 Å². The molecule has 0 radical (unpaired) electrons. The van der Waals surface area contributed by atoms with Crippen molar-refractivity contribution in [2.75, 3.05) is 5.32 Å². The monoisotopic (exact) mass is 267 g/mol. The Labute approximate surface area is 118 Å². The Kier molecular flexibility index (Phi) is 34.1. The van der Waals surface area contributed by atoms with E-state index < -0.39 is 0 Å². The molecule has 0 heterocycles. The number of rotatable bonds is 1. The van der Waals surface area contributed by atoms with Crippen molar-refractivity contribution in [1.82, 2.24) is 0 Å². The van der Waals surface area contributed by atoms with Crippen LogP contribution in [-0.2, 0) is 9.59 Å². The number of hydrogen-bond donors (Lipinski definition) is 1. The van der Waals surface area contributed by atoms with E-state index in [1.165, 1.54) is 12.5 Å². The van der Waals surface area contributed by atoms with Crippen LogP contribution in [0.3, 0.4) is 0 Å². The van der Waals surface area contributed by atoms with Gasteiger partial charge in [0.25, 0.3) is 0 Å². The average molecular weight is 267 g/mol.